The molecule has 3 rings (SSSR count). The number of carbonyl (C=O) groups excluding carboxylic acids is 1. The Morgan fingerprint density at radius 1 is 1.24 bits per heavy atom. The maximum Gasteiger partial charge on any atom is 0.307 e. The molecular weight excluding hydrogens is 266 g/mol. The molecule has 1 amide bonds. The highest BCUT2D eigenvalue weighted by atomic mass is 16.4. The number of fused-ring (bicyclic) bond motifs is 2. The monoisotopic (exact) mass is 285 g/mol. The smallest absolute Gasteiger partial charge is 0.307 e. The van der Waals surface area contributed by atoms with Crippen LogP contribution in [0.5, 0.6) is 0 Å². The fourth-order valence-corrected chi connectivity index (χ4v) is 3.65. The van der Waals surface area contributed by atoms with Gasteiger partial charge in [0.05, 0.1) is 11.8 Å². The van der Waals surface area contributed by atoms with E-state index < -0.39 is 17.8 Å². The molecule has 0 saturated heterocycles. The van der Waals surface area contributed by atoms with Gasteiger partial charge in [0.2, 0.25) is 5.91 Å². The molecule has 4 nitrogen and oxygen atoms in total. The standard InChI is InChI=1S/C17H19NO3/c1-10-3-2-4-11(7-10)9-18-16(19)14-12-5-6-13(8-12)15(14)17(20)21/h2-7,12-15H,8-9H2,1H3,(H,18,19)(H,20,21)/t12?,13?,14-,15+/m0/s1. The highest BCUT2D eigenvalue weighted by molar-refractivity contribution is 5.86. The highest BCUT2D eigenvalue weighted by Crippen LogP contribution is 2.48. The van der Waals surface area contributed by atoms with E-state index in [-0.39, 0.29) is 17.7 Å². The maximum absolute atomic E-state index is 12.4. The van der Waals surface area contributed by atoms with E-state index >= 15 is 0 Å². The molecule has 0 aromatic heterocycles. The summed E-state index contributed by atoms with van der Waals surface area (Å²) in [6.45, 7) is 2.46. The fraction of sp³-hybridized carbons (Fsp3) is 0.412. The summed E-state index contributed by atoms with van der Waals surface area (Å²) in [5, 5.41) is 12.3. The molecule has 1 aromatic carbocycles. The van der Waals surface area contributed by atoms with Crippen molar-refractivity contribution in [2.75, 3.05) is 0 Å². The molecule has 21 heavy (non-hydrogen) atoms. The Morgan fingerprint density at radius 3 is 2.62 bits per heavy atom. The number of hydrogen-bond acceptors (Lipinski definition) is 2. The number of aryl methyl sites for hydroxylation is 1. The summed E-state index contributed by atoms with van der Waals surface area (Å²) in [5.74, 6) is -1.90. The maximum atomic E-state index is 12.4. The van der Waals surface area contributed by atoms with Crippen molar-refractivity contribution in [2.45, 2.75) is 19.9 Å². The number of benzene rings is 1. The van der Waals surface area contributed by atoms with E-state index in [1.807, 2.05) is 43.3 Å². The predicted octanol–water partition coefficient (Wildman–Crippen LogP) is 2.13. The zero-order valence-electron chi connectivity index (χ0n) is 12.0. The Morgan fingerprint density at radius 2 is 1.95 bits per heavy atom. The number of hydrogen-bond donors (Lipinski definition) is 2. The van der Waals surface area contributed by atoms with Crippen LogP contribution in [0.15, 0.2) is 36.4 Å². The topological polar surface area (TPSA) is 66.4 Å². The molecule has 4 atom stereocenters. The first-order valence-electron chi connectivity index (χ1n) is 7.30. The van der Waals surface area contributed by atoms with Gasteiger partial charge in [-0.1, -0.05) is 42.0 Å². The lowest BCUT2D eigenvalue weighted by Gasteiger charge is -2.23. The third kappa shape index (κ3) is 2.58. The van der Waals surface area contributed by atoms with E-state index in [2.05, 4.69) is 5.32 Å². The number of rotatable bonds is 4. The Hall–Kier alpha value is -2.10. The van der Waals surface area contributed by atoms with Crippen LogP contribution >= 0.6 is 0 Å². The third-order valence-corrected chi connectivity index (χ3v) is 4.60. The van der Waals surface area contributed by atoms with Gasteiger partial charge in [-0.3, -0.25) is 9.59 Å². The van der Waals surface area contributed by atoms with Gasteiger partial charge in [-0.05, 0) is 30.7 Å². The van der Waals surface area contributed by atoms with Gasteiger partial charge in [0.15, 0.2) is 0 Å². The van der Waals surface area contributed by atoms with E-state index in [4.69, 9.17) is 0 Å². The minimum Gasteiger partial charge on any atom is -0.481 e. The normalized spacial score (nSPS) is 29.6. The number of aliphatic carboxylic acids is 1. The molecule has 2 aliphatic carbocycles. The zero-order chi connectivity index (χ0) is 15.0. The van der Waals surface area contributed by atoms with Gasteiger partial charge in [0, 0.05) is 6.54 Å². The number of amides is 1. The summed E-state index contributed by atoms with van der Waals surface area (Å²) < 4.78 is 0. The van der Waals surface area contributed by atoms with Crippen molar-refractivity contribution < 1.29 is 14.7 Å². The van der Waals surface area contributed by atoms with Crippen molar-refractivity contribution in [3.63, 3.8) is 0 Å². The van der Waals surface area contributed by atoms with Gasteiger partial charge in [-0.2, -0.15) is 0 Å². The van der Waals surface area contributed by atoms with Gasteiger partial charge in [-0.25, -0.2) is 0 Å². The van der Waals surface area contributed by atoms with Crippen molar-refractivity contribution >= 4 is 11.9 Å². The van der Waals surface area contributed by atoms with Gasteiger partial charge in [0.25, 0.3) is 0 Å². The van der Waals surface area contributed by atoms with Crippen molar-refractivity contribution in [1.29, 1.82) is 0 Å². The van der Waals surface area contributed by atoms with Crippen LogP contribution in [0.2, 0.25) is 0 Å². The Kier molecular flexibility index (Phi) is 3.53. The zero-order valence-corrected chi connectivity index (χ0v) is 12.0. The van der Waals surface area contributed by atoms with Crippen LogP contribution < -0.4 is 5.32 Å². The summed E-state index contributed by atoms with van der Waals surface area (Å²) in [6.07, 6.45) is 4.74. The summed E-state index contributed by atoms with van der Waals surface area (Å²) in [6, 6.07) is 7.95. The van der Waals surface area contributed by atoms with Gasteiger partial charge >= 0.3 is 5.97 Å². The predicted molar refractivity (Wildman–Crippen MR) is 78.4 cm³/mol. The highest BCUT2D eigenvalue weighted by Gasteiger charge is 2.51. The molecule has 4 heteroatoms. The first kappa shape index (κ1) is 13.9. The molecule has 0 aliphatic heterocycles. The minimum absolute atomic E-state index is 0.0159. The molecule has 2 N–H and O–H groups in total. The van der Waals surface area contributed by atoms with E-state index in [0.29, 0.717) is 6.54 Å². The second kappa shape index (κ2) is 5.35. The van der Waals surface area contributed by atoms with Crippen LogP contribution in [-0.4, -0.2) is 17.0 Å². The van der Waals surface area contributed by atoms with E-state index in [9.17, 15) is 14.7 Å². The first-order chi connectivity index (χ1) is 10.1. The molecule has 2 bridgehead atoms. The number of carboxylic acid groups (broad SMARTS) is 1. The van der Waals surface area contributed by atoms with E-state index in [1.165, 1.54) is 0 Å². The van der Waals surface area contributed by atoms with Crippen LogP contribution in [0.4, 0.5) is 0 Å². The Labute approximate surface area is 123 Å². The van der Waals surface area contributed by atoms with Gasteiger partial charge in [0.1, 0.15) is 0 Å². The molecule has 0 radical (unpaired) electrons. The molecule has 2 unspecified atom stereocenters. The summed E-state index contributed by atoms with van der Waals surface area (Å²) in [4.78, 5) is 23.8. The summed E-state index contributed by atoms with van der Waals surface area (Å²) >= 11 is 0. The van der Waals surface area contributed by atoms with Crippen molar-refractivity contribution in [3.8, 4) is 0 Å². The number of nitrogens with one attached hydrogen (secondary N) is 1. The van der Waals surface area contributed by atoms with E-state index in [1.54, 1.807) is 0 Å². The fourth-order valence-electron chi connectivity index (χ4n) is 3.65. The van der Waals surface area contributed by atoms with Crippen LogP contribution in [0, 0.1) is 30.6 Å². The lowest BCUT2D eigenvalue weighted by atomic mass is 9.82. The summed E-state index contributed by atoms with van der Waals surface area (Å²) in [7, 11) is 0. The Bertz CT molecular complexity index is 608. The molecule has 2 aliphatic rings. The minimum atomic E-state index is -0.859. The average Bonchev–Trinajstić information content (AvgIpc) is 3.05. The lowest BCUT2D eigenvalue weighted by molar-refractivity contribution is -0.147. The van der Waals surface area contributed by atoms with Crippen LogP contribution in [-0.2, 0) is 16.1 Å². The number of carbonyl (C=O) groups is 2. The molecular formula is C17H19NO3. The molecule has 1 aromatic rings. The second-order valence-corrected chi connectivity index (χ2v) is 6.04. The quantitative estimate of drug-likeness (QED) is 0.833. The van der Waals surface area contributed by atoms with Crippen molar-refractivity contribution in [2.24, 2.45) is 23.7 Å². The van der Waals surface area contributed by atoms with Crippen LogP contribution in [0.3, 0.4) is 0 Å². The third-order valence-electron chi connectivity index (χ3n) is 4.60. The molecule has 1 saturated carbocycles. The SMILES string of the molecule is Cc1cccc(CNC(=O)[C@H]2C3C=CC(C3)[C@H]2C(=O)O)c1. The van der Waals surface area contributed by atoms with Crippen LogP contribution in [0.1, 0.15) is 17.5 Å². The van der Waals surface area contributed by atoms with Gasteiger partial charge in [-0.15, -0.1) is 0 Å². The Balaban J connectivity index is 1.68. The molecule has 1 fully saturated rings. The number of carboxylic acids is 1. The van der Waals surface area contributed by atoms with Crippen molar-refractivity contribution in [3.05, 3.63) is 47.5 Å². The molecule has 0 heterocycles. The average molecular weight is 285 g/mol. The van der Waals surface area contributed by atoms with Crippen molar-refractivity contribution in [1.82, 2.24) is 5.32 Å². The lowest BCUT2D eigenvalue weighted by Crippen LogP contribution is -2.39. The summed E-state index contributed by atoms with van der Waals surface area (Å²) in [5.41, 5.74) is 2.18. The van der Waals surface area contributed by atoms with E-state index in [0.717, 1.165) is 17.5 Å². The molecule has 110 valence electrons. The largest absolute Gasteiger partial charge is 0.481 e. The molecule has 0 spiro atoms. The second-order valence-electron chi connectivity index (χ2n) is 6.04. The first-order valence-corrected chi connectivity index (χ1v) is 7.30. The number of allylic oxidation sites excluding steroid dienone is 2. The van der Waals surface area contributed by atoms with Crippen LogP contribution in [0.25, 0.3) is 0 Å². The van der Waals surface area contributed by atoms with Gasteiger partial charge < -0.3 is 10.4 Å².